The van der Waals surface area contributed by atoms with Crippen LogP contribution >= 0.6 is 0 Å². The van der Waals surface area contributed by atoms with Crippen LogP contribution in [0, 0.1) is 10.2 Å². The molecule has 0 aliphatic rings. The molecule has 1 aromatic rings. The standard InChI is InChI=1S/C13H19N2.ClHO4/c1-14(2)11-10-13(15(3)4)12-8-6-5-7-9-12;2-1(3,4)5/h5-11H,1-4H3;(H,2,3,4,5)/q+1;/p-1. The van der Waals surface area contributed by atoms with Crippen molar-refractivity contribution >= 4 is 11.9 Å². The normalized spacial score (nSPS) is 11.3. The van der Waals surface area contributed by atoms with Gasteiger partial charge in [0, 0.05) is 25.9 Å². The molecule has 0 aliphatic heterocycles. The highest BCUT2D eigenvalue weighted by Crippen LogP contribution is 2.14. The molecular formula is C13H19ClN2O4. The molecule has 0 saturated carbocycles. The van der Waals surface area contributed by atoms with Gasteiger partial charge in [-0.25, -0.2) is 23.2 Å². The molecule has 0 aromatic heterocycles. The molecule has 0 saturated heterocycles. The van der Waals surface area contributed by atoms with Crippen LogP contribution in [0.5, 0.6) is 0 Å². The Bertz CT molecular complexity index is 443. The molecule has 1 rings (SSSR count). The lowest BCUT2D eigenvalue weighted by Crippen LogP contribution is -2.68. The molecule has 0 bridgehead atoms. The second kappa shape index (κ2) is 8.68. The van der Waals surface area contributed by atoms with E-state index in [4.69, 9.17) is 18.6 Å². The lowest BCUT2D eigenvalue weighted by molar-refractivity contribution is -2.00. The molecule has 1 aromatic carbocycles. The molecule has 0 aliphatic carbocycles. The van der Waals surface area contributed by atoms with Crippen molar-refractivity contribution in [2.24, 2.45) is 0 Å². The summed E-state index contributed by atoms with van der Waals surface area (Å²) in [4.78, 5) is 2.12. The Kier molecular flexibility index (Phi) is 8.05. The van der Waals surface area contributed by atoms with Gasteiger partial charge in [-0.05, 0) is 5.56 Å². The minimum atomic E-state index is -4.94. The van der Waals surface area contributed by atoms with Crippen molar-refractivity contribution in [1.29, 1.82) is 0 Å². The summed E-state index contributed by atoms with van der Waals surface area (Å²) in [6, 6.07) is 10.4. The number of hydrogen-bond acceptors (Lipinski definition) is 5. The third kappa shape index (κ3) is 10.5. The van der Waals surface area contributed by atoms with Gasteiger partial charge in [0.2, 0.25) is 0 Å². The van der Waals surface area contributed by atoms with Gasteiger partial charge in [-0.15, -0.1) is 10.2 Å². The van der Waals surface area contributed by atoms with Crippen molar-refractivity contribution in [3.63, 3.8) is 0 Å². The maximum Gasteiger partial charge on any atom is 0.164 e. The summed E-state index contributed by atoms with van der Waals surface area (Å²) >= 11 is 0. The van der Waals surface area contributed by atoms with Gasteiger partial charge in [0.25, 0.3) is 0 Å². The fourth-order valence-corrected chi connectivity index (χ4v) is 1.33. The molecule has 0 heterocycles. The largest absolute Gasteiger partial charge is 0.377 e. The van der Waals surface area contributed by atoms with Crippen molar-refractivity contribution in [3.8, 4) is 0 Å². The maximum atomic E-state index is 8.49. The van der Waals surface area contributed by atoms with Crippen LogP contribution in [0.3, 0.4) is 0 Å². The van der Waals surface area contributed by atoms with Crippen LogP contribution < -0.4 is 18.6 Å². The lowest BCUT2D eigenvalue weighted by Gasteiger charge is -2.17. The summed E-state index contributed by atoms with van der Waals surface area (Å²) in [6.07, 6.45) is 4.18. The van der Waals surface area contributed by atoms with Crippen LogP contribution in [0.15, 0.2) is 36.4 Å². The molecule has 0 fully saturated rings. The third-order valence-corrected chi connectivity index (χ3v) is 2.08. The van der Waals surface area contributed by atoms with Crippen molar-refractivity contribution < 1.29 is 33.5 Å². The number of allylic oxidation sites excluding steroid dienone is 1. The van der Waals surface area contributed by atoms with Crippen LogP contribution in [-0.2, 0) is 0 Å². The molecule has 0 radical (unpaired) electrons. The van der Waals surface area contributed by atoms with Gasteiger partial charge < -0.3 is 4.90 Å². The highest BCUT2D eigenvalue weighted by Gasteiger charge is 2.02. The first-order valence-electron chi connectivity index (χ1n) is 5.67. The van der Waals surface area contributed by atoms with E-state index >= 15 is 0 Å². The SMILES string of the molecule is CN(C)/C(=C\C=[N+](C)C)c1ccccc1.[O-][Cl+3]([O-])([O-])[O-]. The van der Waals surface area contributed by atoms with Gasteiger partial charge >= 0.3 is 0 Å². The summed E-state index contributed by atoms with van der Waals surface area (Å²) in [6.45, 7) is 0. The zero-order valence-electron chi connectivity index (χ0n) is 11.9. The van der Waals surface area contributed by atoms with Gasteiger partial charge in [-0.3, -0.25) is 0 Å². The van der Waals surface area contributed by atoms with E-state index < -0.39 is 10.2 Å². The number of nitrogens with zero attached hydrogens (tertiary/aromatic N) is 2. The summed E-state index contributed by atoms with van der Waals surface area (Å²) in [5.41, 5.74) is 2.45. The van der Waals surface area contributed by atoms with Crippen LogP contribution in [0.4, 0.5) is 0 Å². The van der Waals surface area contributed by atoms with E-state index in [0.717, 1.165) is 0 Å². The Morgan fingerprint density at radius 2 is 1.50 bits per heavy atom. The Labute approximate surface area is 121 Å². The average Bonchev–Trinajstić information content (AvgIpc) is 2.27. The fraction of sp³-hybridized carbons (Fsp3) is 0.308. The molecule has 7 heteroatoms. The number of rotatable bonds is 3. The highest BCUT2D eigenvalue weighted by molar-refractivity contribution is 5.81. The number of benzene rings is 1. The molecule has 0 atom stereocenters. The van der Waals surface area contributed by atoms with E-state index in [9.17, 15) is 0 Å². The second-order valence-electron chi connectivity index (χ2n) is 4.30. The lowest BCUT2D eigenvalue weighted by atomic mass is 10.1. The molecule has 0 amide bonds. The van der Waals surface area contributed by atoms with Gasteiger partial charge in [0.05, 0.1) is 0 Å². The summed E-state index contributed by atoms with van der Waals surface area (Å²) in [7, 11) is 3.22. The summed E-state index contributed by atoms with van der Waals surface area (Å²) < 4.78 is 36.0. The van der Waals surface area contributed by atoms with Gasteiger partial charge in [0.1, 0.15) is 14.1 Å². The topological polar surface area (TPSA) is 98.5 Å². The summed E-state index contributed by atoms with van der Waals surface area (Å²) in [5.74, 6) is 0. The Balaban J connectivity index is 0.000000621. The Morgan fingerprint density at radius 1 is 1.05 bits per heavy atom. The minimum Gasteiger partial charge on any atom is -0.377 e. The van der Waals surface area contributed by atoms with Crippen molar-refractivity contribution in [2.45, 2.75) is 0 Å². The quantitative estimate of drug-likeness (QED) is 0.443. The minimum absolute atomic E-state index is 1.21. The molecule has 0 unspecified atom stereocenters. The zero-order chi connectivity index (χ0) is 15.8. The van der Waals surface area contributed by atoms with Gasteiger partial charge in [-0.2, -0.15) is 0 Å². The summed E-state index contributed by atoms with van der Waals surface area (Å²) in [5, 5.41) is 0. The van der Waals surface area contributed by atoms with Crippen molar-refractivity contribution in [2.75, 3.05) is 28.2 Å². The predicted octanol–water partition coefficient (Wildman–Crippen LogP) is -2.82. The third-order valence-electron chi connectivity index (χ3n) is 2.08. The number of halogens is 1. The molecule has 0 N–H and O–H groups in total. The first kappa shape index (κ1) is 18.6. The van der Waals surface area contributed by atoms with E-state index in [1.54, 1.807) is 0 Å². The van der Waals surface area contributed by atoms with Crippen molar-refractivity contribution in [1.82, 2.24) is 4.90 Å². The molecular weight excluding hydrogens is 284 g/mol. The maximum absolute atomic E-state index is 8.49. The van der Waals surface area contributed by atoms with E-state index in [0.29, 0.717) is 0 Å². The molecule has 112 valence electrons. The predicted molar refractivity (Wildman–Crippen MR) is 66.3 cm³/mol. The van der Waals surface area contributed by atoms with Crippen LogP contribution in [-0.4, -0.2) is 43.9 Å². The van der Waals surface area contributed by atoms with Crippen LogP contribution in [0.1, 0.15) is 5.56 Å². The van der Waals surface area contributed by atoms with E-state index in [1.165, 1.54) is 11.3 Å². The Morgan fingerprint density at radius 3 is 1.85 bits per heavy atom. The average molecular weight is 303 g/mol. The first-order chi connectivity index (χ1) is 9.11. The molecule has 0 spiro atoms. The van der Waals surface area contributed by atoms with Crippen molar-refractivity contribution in [3.05, 3.63) is 42.0 Å². The second-order valence-corrected chi connectivity index (χ2v) is 5.06. The Hall–Kier alpha value is -1.44. The van der Waals surface area contributed by atoms with E-state index in [2.05, 4.69) is 55.6 Å². The zero-order valence-corrected chi connectivity index (χ0v) is 12.7. The van der Waals surface area contributed by atoms with Gasteiger partial charge in [-0.1, -0.05) is 30.3 Å². The van der Waals surface area contributed by atoms with Crippen LogP contribution in [0.2, 0.25) is 0 Å². The monoisotopic (exact) mass is 302 g/mol. The van der Waals surface area contributed by atoms with E-state index in [-0.39, 0.29) is 0 Å². The fourth-order valence-electron chi connectivity index (χ4n) is 1.33. The molecule has 6 nitrogen and oxygen atoms in total. The van der Waals surface area contributed by atoms with Crippen LogP contribution in [0.25, 0.3) is 5.70 Å². The first-order valence-corrected chi connectivity index (χ1v) is 6.90. The highest BCUT2D eigenvalue weighted by atomic mass is 35.7. The van der Waals surface area contributed by atoms with Gasteiger partial charge in [0.15, 0.2) is 6.21 Å². The molecule has 20 heavy (non-hydrogen) atoms. The number of hydrogen-bond donors (Lipinski definition) is 0. The van der Waals surface area contributed by atoms with E-state index in [1.807, 2.05) is 24.7 Å². The smallest absolute Gasteiger partial charge is 0.164 e.